The monoisotopic (exact) mass is 297 g/mol. The first-order valence-electron chi connectivity index (χ1n) is 6.85. The third kappa shape index (κ3) is 2.32. The lowest BCUT2D eigenvalue weighted by molar-refractivity contribution is -0.0273. The molecule has 1 aliphatic heterocycles. The molecule has 0 radical (unpaired) electrons. The molecule has 1 saturated heterocycles. The van der Waals surface area contributed by atoms with Gasteiger partial charge in [0.25, 0.3) is 0 Å². The van der Waals surface area contributed by atoms with E-state index in [4.69, 9.17) is 16.3 Å². The molecule has 1 atom stereocenters. The Morgan fingerprint density at radius 2 is 2.20 bits per heavy atom. The Labute approximate surface area is 123 Å². The maximum atomic E-state index is 6.05. The maximum Gasteiger partial charge on any atom is 0.158 e. The fourth-order valence-electron chi connectivity index (χ4n) is 2.85. The summed E-state index contributed by atoms with van der Waals surface area (Å²) in [4.78, 5) is 6.90. The van der Waals surface area contributed by atoms with E-state index in [0.29, 0.717) is 5.88 Å². The van der Waals surface area contributed by atoms with Gasteiger partial charge in [-0.25, -0.2) is 4.98 Å². The highest BCUT2D eigenvalue weighted by molar-refractivity contribution is 6.16. The molecular weight excluding hydrogens is 278 g/mol. The molecule has 0 aliphatic carbocycles. The summed E-state index contributed by atoms with van der Waals surface area (Å²) in [5.74, 6) is 1.28. The molecule has 1 unspecified atom stereocenters. The minimum Gasteiger partial charge on any atom is -0.374 e. The van der Waals surface area contributed by atoms with Crippen molar-refractivity contribution in [3.05, 3.63) is 11.5 Å². The maximum absolute atomic E-state index is 6.05. The van der Waals surface area contributed by atoms with Gasteiger partial charge >= 0.3 is 0 Å². The molecule has 0 amide bonds. The molecule has 0 bridgehead atoms. The molecule has 3 rings (SSSR count). The van der Waals surface area contributed by atoms with Crippen LogP contribution in [-0.2, 0) is 24.2 Å². The zero-order valence-electron chi connectivity index (χ0n) is 12.1. The van der Waals surface area contributed by atoms with Crippen LogP contribution in [0.5, 0.6) is 0 Å². The van der Waals surface area contributed by atoms with Gasteiger partial charge < -0.3 is 14.2 Å². The van der Waals surface area contributed by atoms with Crippen molar-refractivity contribution >= 4 is 22.8 Å². The van der Waals surface area contributed by atoms with Gasteiger partial charge in [0.1, 0.15) is 11.3 Å². The Hall–Kier alpha value is -1.11. The van der Waals surface area contributed by atoms with Crippen LogP contribution in [0.2, 0.25) is 0 Å². The molecule has 20 heavy (non-hydrogen) atoms. The molecule has 110 valence electrons. The Balaban J connectivity index is 1.96. The molecule has 6 nitrogen and oxygen atoms in total. The number of imidazole rings is 1. The summed E-state index contributed by atoms with van der Waals surface area (Å²) < 4.78 is 9.87. The Morgan fingerprint density at radius 3 is 2.90 bits per heavy atom. The Morgan fingerprint density at radius 1 is 1.40 bits per heavy atom. The second kappa shape index (κ2) is 5.35. The lowest BCUT2D eigenvalue weighted by atomic mass is 10.3. The van der Waals surface area contributed by atoms with Gasteiger partial charge in [0.15, 0.2) is 5.65 Å². The largest absolute Gasteiger partial charge is 0.374 e. The zero-order valence-corrected chi connectivity index (χ0v) is 12.9. The number of aryl methyl sites for hydroxylation is 2. The van der Waals surface area contributed by atoms with Crippen molar-refractivity contribution in [2.24, 2.45) is 7.05 Å². The van der Waals surface area contributed by atoms with E-state index in [9.17, 15) is 0 Å². The van der Waals surface area contributed by atoms with Crippen LogP contribution >= 0.6 is 11.6 Å². The van der Waals surface area contributed by atoms with Gasteiger partial charge in [-0.2, -0.15) is 5.10 Å². The van der Waals surface area contributed by atoms with Crippen molar-refractivity contribution in [2.45, 2.75) is 25.5 Å². The molecule has 1 fully saturated rings. The van der Waals surface area contributed by atoms with E-state index in [1.807, 2.05) is 18.7 Å². The van der Waals surface area contributed by atoms with E-state index in [1.165, 1.54) is 0 Å². The third-order valence-electron chi connectivity index (χ3n) is 3.82. The third-order valence-corrected chi connectivity index (χ3v) is 4.06. The highest BCUT2D eigenvalue weighted by Crippen LogP contribution is 2.21. The fourth-order valence-corrected chi connectivity index (χ4v) is 3.06. The molecule has 1 aliphatic rings. The molecule has 2 aromatic rings. The van der Waals surface area contributed by atoms with Gasteiger partial charge in [-0.3, -0.25) is 4.68 Å². The van der Waals surface area contributed by atoms with Gasteiger partial charge in [0.05, 0.1) is 30.8 Å². The van der Waals surface area contributed by atoms with E-state index < -0.39 is 0 Å². The number of rotatable bonds is 3. The first-order valence-corrected chi connectivity index (χ1v) is 7.38. The average molecular weight is 298 g/mol. The smallest absolute Gasteiger partial charge is 0.158 e. The number of likely N-dealkylation sites (N-methyl/N-ethyl adjacent to an activating group) is 1. The van der Waals surface area contributed by atoms with Crippen LogP contribution in [0.25, 0.3) is 11.2 Å². The van der Waals surface area contributed by atoms with E-state index >= 15 is 0 Å². The first kappa shape index (κ1) is 13.9. The Kier molecular flexibility index (Phi) is 3.70. The average Bonchev–Trinajstić information content (AvgIpc) is 2.89. The zero-order chi connectivity index (χ0) is 14.3. The number of halogens is 1. The van der Waals surface area contributed by atoms with Crippen molar-refractivity contribution in [3.8, 4) is 0 Å². The minimum absolute atomic E-state index is 0.170. The lowest BCUT2D eigenvalue weighted by Gasteiger charge is -2.30. The predicted molar refractivity (Wildman–Crippen MR) is 78.0 cm³/mol. The normalized spacial score (nSPS) is 20.9. The topological polar surface area (TPSA) is 48.1 Å². The van der Waals surface area contributed by atoms with Gasteiger partial charge in [-0.15, -0.1) is 11.6 Å². The summed E-state index contributed by atoms with van der Waals surface area (Å²) >= 11 is 6.05. The van der Waals surface area contributed by atoms with Crippen LogP contribution in [0.3, 0.4) is 0 Å². The summed E-state index contributed by atoms with van der Waals surface area (Å²) in [7, 11) is 4.06. The molecular formula is C13H20ClN5O. The van der Waals surface area contributed by atoms with E-state index in [-0.39, 0.29) is 6.10 Å². The van der Waals surface area contributed by atoms with Crippen molar-refractivity contribution < 1.29 is 4.74 Å². The molecule has 0 saturated carbocycles. The van der Waals surface area contributed by atoms with Crippen molar-refractivity contribution in [1.29, 1.82) is 0 Å². The number of fused-ring (bicyclic) bond motifs is 1. The summed E-state index contributed by atoms with van der Waals surface area (Å²) in [6.45, 7) is 5.44. The fraction of sp³-hybridized carbons (Fsp3) is 0.692. The molecule has 2 aromatic heterocycles. The summed E-state index contributed by atoms with van der Waals surface area (Å²) in [5, 5.41) is 4.43. The number of nitrogens with zero attached hydrogens (tertiary/aromatic N) is 5. The van der Waals surface area contributed by atoms with Crippen LogP contribution in [0.15, 0.2) is 0 Å². The molecule has 0 aromatic carbocycles. The van der Waals surface area contributed by atoms with Crippen LogP contribution in [0, 0.1) is 6.92 Å². The number of ether oxygens (including phenoxy) is 1. The first-order chi connectivity index (χ1) is 9.60. The van der Waals surface area contributed by atoms with E-state index in [2.05, 4.69) is 26.6 Å². The number of aromatic nitrogens is 4. The Bertz CT molecular complexity index is 620. The summed E-state index contributed by atoms with van der Waals surface area (Å²) in [5.41, 5.74) is 2.90. The molecule has 7 heteroatoms. The van der Waals surface area contributed by atoms with E-state index in [1.54, 1.807) is 0 Å². The lowest BCUT2D eigenvalue weighted by Crippen LogP contribution is -2.42. The van der Waals surface area contributed by atoms with Crippen LogP contribution in [-0.4, -0.2) is 57.1 Å². The molecule has 0 N–H and O–H groups in total. The highest BCUT2D eigenvalue weighted by atomic mass is 35.5. The number of hydrogen-bond acceptors (Lipinski definition) is 4. The van der Waals surface area contributed by atoms with Gasteiger partial charge in [-0.05, 0) is 14.0 Å². The highest BCUT2D eigenvalue weighted by Gasteiger charge is 2.23. The summed E-state index contributed by atoms with van der Waals surface area (Å²) in [6, 6.07) is 0. The number of morpholine rings is 1. The van der Waals surface area contributed by atoms with Crippen molar-refractivity contribution in [1.82, 2.24) is 24.2 Å². The predicted octanol–water partition coefficient (Wildman–Crippen LogP) is 1.15. The standard InChI is InChI=1S/C13H20ClN5O/c1-9-12-13(18(3)16-9)19(11(6-14)15-12)8-10-7-17(2)4-5-20-10/h10H,4-8H2,1-3H3. The SMILES string of the molecule is Cc1nn(C)c2c1nc(CCl)n2CC1CN(C)CCO1. The van der Waals surface area contributed by atoms with Crippen LogP contribution in [0.1, 0.15) is 11.5 Å². The van der Waals surface area contributed by atoms with Crippen molar-refractivity contribution in [3.63, 3.8) is 0 Å². The molecule has 3 heterocycles. The number of hydrogen-bond donors (Lipinski definition) is 0. The minimum atomic E-state index is 0.170. The quantitative estimate of drug-likeness (QED) is 0.798. The van der Waals surface area contributed by atoms with Gasteiger partial charge in [-0.1, -0.05) is 0 Å². The van der Waals surface area contributed by atoms with Crippen LogP contribution in [0.4, 0.5) is 0 Å². The second-order valence-corrected chi connectivity index (χ2v) is 5.68. The number of alkyl halides is 1. The summed E-state index contributed by atoms with van der Waals surface area (Å²) in [6.07, 6.45) is 0.170. The van der Waals surface area contributed by atoms with E-state index in [0.717, 1.165) is 48.9 Å². The van der Waals surface area contributed by atoms with Crippen LogP contribution < -0.4 is 0 Å². The van der Waals surface area contributed by atoms with Gasteiger partial charge in [0.2, 0.25) is 0 Å². The van der Waals surface area contributed by atoms with Crippen molar-refractivity contribution in [2.75, 3.05) is 26.7 Å². The second-order valence-electron chi connectivity index (χ2n) is 5.41. The molecule has 0 spiro atoms. The van der Waals surface area contributed by atoms with Gasteiger partial charge in [0, 0.05) is 20.1 Å².